The summed E-state index contributed by atoms with van der Waals surface area (Å²) in [5.74, 6) is 0.501. The first-order valence-electron chi connectivity index (χ1n) is 6.79. The Morgan fingerprint density at radius 2 is 2.33 bits per heavy atom. The topological polar surface area (TPSA) is 60.2 Å². The number of hydrogen-bond acceptors (Lipinski definition) is 5. The van der Waals surface area contributed by atoms with Crippen LogP contribution in [0.25, 0.3) is 0 Å². The molecule has 1 unspecified atom stereocenters. The Kier molecular flexibility index (Phi) is 4.48. The standard InChI is InChI=1S/C14H15ClFN3O2/c15-11-3-1-2-9(14(11)16)6-12-18-13(21-19-12)7-10-8-17-4-5-20-10/h1-3,10,17H,4-8H2. The number of rotatable bonds is 4. The Balaban J connectivity index is 1.66. The number of halogens is 2. The lowest BCUT2D eigenvalue weighted by atomic mass is 10.1. The van der Waals surface area contributed by atoms with Gasteiger partial charge >= 0.3 is 0 Å². The minimum Gasteiger partial charge on any atom is -0.375 e. The van der Waals surface area contributed by atoms with Crippen molar-refractivity contribution in [3.63, 3.8) is 0 Å². The fourth-order valence-corrected chi connectivity index (χ4v) is 2.44. The molecule has 0 bridgehead atoms. The van der Waals surface area contributed by atoms with Gasteiger partial charge in [-0.1, -0.05) is 28.9 Å². The smallest absolute Gasteiger partial charge is 0.229 e. The maximum Gasteiger partial charge on any atom is 0.229 e. The molecule has 0 amide bonds. The number of morpholine rings is 1. The molecule has 1 saturated heterocycles. The third-order valence-electron chi connectivity index (χ3n) is 3.30. The molecule has 1 aromatic heterocycles. The van der Waals surface area contributed by atoms with E-state index in [0.717, 1.165) is 13.1 Å². The second-order valence-corrected chi connectivity index (χ2v) is 5.30. The molecule has 1 aliphatic heterocycles. The van der Waals surface area contributed by atoms with Crippen molar-refractivity contribution < 1.29 is 13.7 Å². The van der Waals surface area contributed by atoms with Crippen LogP contribution in [0, 0.1) is 5.82 Å². The predicted octanol–water partition coefficient (Wildman–Crippen LogP) is 1.98. The summed E-state index contributed by atoms with van der Waals surface area (Å²) in [7, 11) is 0. The summed E-state index contributed by atoms with van der Waals surface area (Å²) in [4.78, 5) is 4.28. The fourth-order valence-electron chi connectivity index (χ4n) is 2.25. The van der Waals surface area contributed by atoms with Gasteiger partial charge < -0.3 is 14.6 Å². The van der Waals surface area contributed by atoms with Crippen molar-refractivity contribution in [2.45, 2.75) is 18.9 Å². The van der Waals surface area contributed by atoms with Crippen molar-refractivity contribution in [2.75, 3.05) is 19.7 Å². The largest absolute Gasteiger partial charge is 0.375 e. The molecule has 7 heteroatoms. The van der Waals surface area contributed by atoms with Crippen LogP contribution in [0.15, 0.2) is 22.7 Å². The van der Waals surface area contributed by atoms with Gasteiger partial charge in [0.2, 0.25) is 5.89 Å². The maximum atomic E-state index is 13.8. The Morgan fingerprint density at radius 1 is 1.43 bits per heavy atom. The highest BCUT2D eigenvalue weighted by Gasteiger charge is 2.18. The number of nitrogens with zero attached hydrogens (tertiary/aromatic N) is 2. The normalized spacial score (nSPS) is 18.9. The Morgan fingerprint density at radius 3 is 3.14 bits per heavy atom. The summed E-state index contributed by atoms with van der Waals surface area (Å²) >= 11 is 5.75. The second kappa shape index (κ2) is 6.51. The molecule has 5 nitrogen and oxygen atoms in total. The predicted molar refractivity (Wildman–Crippen MR) is 74.8 cm³/mol. The number of ether oxygens (including phenoxy) is 1. The van der Waals surface area contributed by atoms with Gasteiger partial charge in [0.25, 0.3) is 0 Å². The molecular weight excluding hydrogens is 297 g/mol. The third kappa shape index (κ3) is 3.58. The maximum absolute atomic E-state index is 13.8. The molecular formula is C14H15ClFN3O2. The van der Waals surface area contributed by atoms with Crippen molar-refractivity contribution in [1.29, 1.82) is 0 Å². The van der Waals surface area contributed by atoms with E-state index in [1.54, 1.807) is 12.1 Å². The first kappa shape index (κ1) is 14.4. The highest BCUT2D eigenvalue weighted by Crippen LogP contribution is 2.20. The van der Waals surface area contributed by atoms with E-state index >= 15 is 0 Å². The molecule has 0 spiro atoms. The minimum absolute atomic E-state index is 0.0370. The van der Waals surface area contributed by atoms with Gasteiger partial charge in [-0.25, -0.2) is 4.39 Å². The molecule has 1 N–H and O–H groups in total. The quantitative estimate of drug-likeness (QED) is 0.935. The van der Waals surface area contributed by atoms with E-state index in [1.165, 1.54) is 6.07 Å². The Bertz CT molecular complexity index is 614. The van der Waals surface area contributed by atoms with Crippen molar-refractivity contribution in [3.05, 3.63) is 46.3 Å². The van der Waals surface area contributed by atoms with Gasteiger partial charge in [0.15, 0.2) is 5.82 Å². The SMILES string of the molecule is Fc1c(Cl)cccc1Cc1noc(CC2CNCCO2)n1. The zero-order valence-corrected chi connectivity index (χ0v) is 12.1. The van der Waals surface area contributed by atoms with Gasteiger partial charge in [0.05, 0.1) is 24.2 Å². The summed E-state index contributed by atoms with van der Waals surface area (Å²) in [6, 6.07) is 4.87. The van der Waals surface area contributed by atoms with E-state index in [4.69, 9.17) is 20.9 Å². The molecule has 3 rings (SSSR count). The second-order valence-electron chi connectivity index (χ2n) is 4.90. The number of hydrogen-bond donors (Lipinski definition) is 1. The minimum atomic E-state index is -0.440. The zero-order valence-electron chi connectivity index (χ0n) is 11.3. The van der Waals surface area contributed by atoms with E-state index in [1.807, 2.05) is 0 Å². The molecule has 1 aromatic carbocycles. The van der Waals surface area contributed by atoms with E-state index in [9.17, 15) is 4.39 Å². The summed E-state index contributed by atoms with van der Waals surface area (Å²) in [5, 5.41) is 7.21. The summed E-state index contributed by atoms with van der Waals surface area (Å²) in [5.41, 5.74) is 0.449. The molecule has 1 atom stereocenters. The molecule has 1 aliphatic rings. The van der Waals surface area contributed by atoms with Gasteiger partial charge in [0.1, 0.15) is 5.82 Å². The first-order valence-corrected chi connectivity index (χ1v) is 7.17. The molecule has 21 heavy (non-hydrogen) atoms. The molecule has 2 heterocycles. The lowest BCUT2D eigenvalue weighted by Crippen LogP contribution is -2.39. The van der Waals surface area contributed by atoms with Crippen LogP contribution in [-0.2, 0) is 17.6 Å². The summed E-state index contributed by atoms with van der Waals surface area (Å²) in [6.45, 7) is 2.31. The monoisotopic (exact) mass is 311 g/mol. The van der Waals surface area contributed by atoms with Crippen LogP contribution in [-0.4, -0.2) is 35.9 Å². The summed E-state index contributed by atoms with van der Waals surface area (Å²) < 4.78 is 24.6. The van der Waals surface area contributed by atoms with E-state index in [2.05, 4.69) is 15.5 Å². The highest BCUT2D eigenvalue weighted by atomic mass is 35.5. The van der Waals surface area contributed by atoms with E-state index < -0.39 is 5.82 Å². The fraction of sp³-hybridized carbons (Fsp3) is 0.429. The summed E-state index contributed by atoms with van der Waals surface area (Å²) in [6.07, 6.45) is 0.840. The van der Waals surface area contributed by atoms with Crippen LogP contribution in [0.5, 0.6) is 0 Å². The first-order chi connectivity index (χ1) is 10.2. The number of benzene rings is 1. The number of nitrogens with one attached hydrogen (secondary N) is 1. The van der Waals surface area contributed by atoms with Crippen LogP contribution in [0.2, 0.25) is 5.02 Å². The van der Waals surface area contributed by atoms with E-state index in [-0.39, 0.29) is 17.5 Å². The van der Waals surface area contributed by atoms with E-state index in [0.29, 0.717) is 30.3 Å². The average Bonchev–Trinajstić information content (AvgIpc) is 2.92. The van der Waals surface area contributed by atoms with Crippen LogP contribution in [0.4, 0.5) is 4.39 Å². The third-order valence-corrected chi connectivity index (χ3v) is 3.59. The molecule has 2 aromatic rings. The van der Waals surface area contributed by atoms with Crippen LogP contribution >= 0.6 is 11.6 Å². The lowest BCUT2D eigenvalue weighted by Gasteiger charge is -2.21. The van der Waals surface area contributed by atoms with Gasteiger partial charge in [-0.3, -0.25) is 0 Å². The molecule has 0 aliphatic carbocycles. The van der Waals surface area contributed by atoms with Crippen molar-refractivity contribution in [1.82, 2.24) is 15.5 Å². The molecule has 0 radical (unpaired) electrons. The van der Waals surface area contributed by atoms with Crippen molar-refractivity contribution in [3.8, 4) is 0 Å². The van der Waals surface area contributed by atoms with Crippen LogP contribution in [0.3, 0.4) is 0 Å². The molecule has 0 saturated carbocycles. The number of aromatic nitrogens is 2. The van der Waals surface area contributed by atoms with Crippen LogP contribution in [0.1, 0.15) is 17.3 Å². The Labute approximate surface area is 126 Å². The van der Waals surface area contributed by atoms with Gasteiger partial charge in [-0.05, 0) is 11.6 Å². The van der Waals surface area contributed by atoms with Crippen LogP contribution < -0.4 is 5.32 Å². The Hall–Kier alpha value is -1.50. The zero-order chi connectivity index (χ0) is 14.7. The molecule has 1 fully saturated rings. The average molecular weight is 312 g/mol. The lowest BCUT2D eigenvalue weighted by molar-refractivity contribution is 0.0246. The van der Waals surface area contributed by atoms with Crippen molar-refractivity contribution in [2.24, 2.45) is 0 Å². The highest BCUT2D eigenvalue weighted by molar-refractivity contribution is 6.30. The molecule has 112 valence electrons. The van der Waals surface area contributed by atoms with Gasteiger partial charge in [-0.15, -0.1) is 0 Å². The van der Waals surface area contributed by atoms with Gasteiger partial charge in [-0.2, -0.15) is 4.98 Å². The van der Waals surface area contributed by atoms with Crippen molar-refractivity contribution >= 4 is 11.6 Å². The van der Waals surface area contributed by atoms with Gasteiger partial charge in [0, 0.05) is 19.5 Å².